The quantitative estimate of drug-likeness (QED) is 0.821. The number of benzene rings is 1. The lowest BCUT2D eigenvalue weighted by molar-refractivity contribution is -0.130. The second kappa shape index (κ2) is 7.43. The highest BCUT2D eigenvalue weighted by Gasteiger charge is 2.44. The summed E-state index contributed by atoms with van der Waals surface area (Å²) in [7, 11) is 0. The SMILES string of the molecule is Cc1ccc(C)c(CN2C(=O)C(O)=C(C(=O)CC(C)C)C2c2ccco2)c1. The van der Waals surface area contributed by atoms with Gasteiger partial charge in [0.15, 0.2) is 11.5 Å². The third kappa shape index (κ3) is 3.68. The number of carbonyl (C=O) groups excluding carboxylic acids is 2. The zero-order chi connectivity index (χ0) is 19.7. The van der Waals surface area contributed by atoms with Crippen LogP contribution in [-0.2, 0) is 16.1 Å². The van der Waals surface area contributed by atoms with E-state index in [0.717, 1.165) is 16.7 Å². The molecule has 0 spiro atoms. The highest BCUT2D eigenvalue weighted by molar-refractivity contribution is 6.08. The van der Waals surface area contributed by atoms with Crippen LogP contribution in [0.1, 0.15) is 48.8 Å². The number of nitrogens with zero attached hydrogens (tertiary/aromatic N) is 1. The van der Waals surface area contributed by atoms with Crippen LogP contribution in [0.15, 0.2) is 52.3 Å². The van der Waals surface area contributed by atoms with Crippen molar-refractivity contribution in [1.29, 1.82) is 0 Å². The van der Waals surface area contributed by atoms with Gasteiger partial charge in [0.05, 0.1) is 11.8 Å². The van der Waals surface area contributed by atoms with Gasteiger partial charge < -0.3 is 14.4 Å². The number of aryl methyl sites for hydroxylation is 2. The van der Waals surface area contributed by atoms with Gasteiger partial charge in [0, 0.05) is 13.0 Å². The third-order valence-electron chi connectivity index (χ3n) is 4.86. The van der Waals surface area contributed by atoms with Crippen molar-refractivity contribution in [3.05, 3.63) is 70.4 Å². The Morgan fingerprint density at radius 1 is 1.26 bits per heavy atom. The monoisotopic (exact) mass is 367 g/mol. The van der Waals surface area contributed by atoms with E-state index in [1.165, 1.54) is 11.2 Å². The van der Waals surface area contributed by atoms with Crippen molar-refractivity contribution in [3.8, 4) is 0 Å². The predicted molar refractivity (Wildman–Crippen MR) is 102 cm³/mol. The number of hydrogen-bond acceptors (Lipinski definition) is 4. The number of hydrogen-bond donors (Lipinski definition) is 1. The minimum atomic E-state index is -0.710. The third-order valence-corrected chi connectivity index (χ3v) is 4.86. The Kier molecular flexibility index (Phi) is 5.22. The molecule has 1 aromatic heterocycles. The summed E-state index contributed by atoms with van der Waals surface area (Å²) in [5.74, 6) is -0.625. The molecule has 0 saturated carbocycles. The van der Waals surface area contributed by atoms with E-state index in [1.807, 2.05) is 45.9 Å². The second-order valence-corrected chi connectivity index (χ2v) is 7.56. The van der Waals surface area contributed by atoms with Gasteiger partial charge >= 0.3 is 0 Å². The molecule has 1 aromatic carbocycles. The molecule has 1 atom stereocenters. The van der Waals surface area contributed by atoms with E-state index in [4.69, 9.17) is 4.42 Å². The minimum absolute atomic E-state index is 0.123. The molecule has 1 amide bonds. The molecule has 2 heterocycles. The average Bonchev–Trinajstić information content (AvgIpc) is 3.20. The second-order valence-electron chi connectivity index (χ2n) is 7.56. The molecule has 1 N–H and O–H groups in total. The van der Waals surface area contributed by atoms with Crippen molar-refractivity contribution in [2.75, 3.05) is 0 Å². The van der Waals surface area contributed by atoms with Crippen LogP contribution in [0.4, 0.5) is 0 Å². The summed E-state index contributed by atoms with van der Waals surface area (Å²) in [5, 5.41) is 10.5. The summed E-state index contributed by atoms with van der Waals surface area (Å²) in [5.41, 5.74) is 3.25. The Morgan fingerprint density at radius 3 is 2.63 bits per heavy atom. The summed E-state index contributed by atoms with van der Waals surface area (Å²) in [6, 6.07) is 8.78. The van der Waals surface area contributed by atoms with Crippen molar-refractivity contribution >= 4 is 11.7 Å². The topological polar surface area (TPSA) is 70.8 Å². The molecule has 142 valence electrons. The number of furan rings is 1. The van der Waals surface area contributed by atoms with Crippen LogP contribution in [0.3, 0.4) is 0 Å². The van der Waals surface area contributed by atoms with E-state index in [0.29, 0.717) is 12.3 Å². The molecule has 2 aromatic rings. The van der Waals surface area contributed by atoms with Crippen molar-refractivity contribution in [1.82, 2.24) is 4.90 Å². The number of aliphatic hydroxyl groups is 1. The highest BCUT2D eigenvalue weighted by atomic mass is 16.3. The van der Waals surface area contributed by atoms with Gasteiger partial charge in [0.2, 0.25) is 0 Å². The molecule has 1 unspecified atom stereocenters. The molecular formula is C22H25NO4. The lowest BCUT2D eigenvalue weighted by Crippen LogP contribution is -2.31. The van der Waals surface area contributed by atoms with E-state index in [9.17, 15) is 14.7 Å². The van der Waals surface area contributed by atoms with Crippen LogP contribution in [-0.4, -0.2) is 21.7 Å². The molecule has 5 heteroatoms. The van der Waals surface area contributed by atoms with Crippen LogP contribution in [0.25, 0.3) is 0 Å². The lowest BCUT2D eigenvalue weighted by atomic mass is 9.95. The normalized spacial score (nSPS) is 17.3. The summed E-state index contributed by atoms with van der Waals surface area (Å²) in [6.07, 6.45) is 1.77. The Hall–Kier alpha value is -2.82. The van der Waals surface area contributed by atoms with Crippen LogP contribution >= 0.6 is 0 Å². The van der Waals surface area contributed by atoms with Gasteiger partial charge in [0.25, 0.3) is 5.91 Å². The molecule has 1 aliphatic heterocycles. The van der Waals surface area contributed by atoms with Crippen molar-refractivity contribution in [2.24, 2.45) is 5.92 Å². The fourth-order valence-corrected chi connectivity index (χ4v) is 3.48. The van der Waals surface area contributed by atoms with Gasteiger partial charge in [-0.2, -0.15) is 0 Å². The van der Waals surface area contributed by atoms with Crippen molar-refractivity contribution in [3.63, 3.8) is 0 Å². The van der Waals surface area contributed by atoms with Crippen molar-refractivity contribution in [2.45, 2.75) is 46.7 Å². The first-order valence-electron chi connectivity index (χ1n) is 9.16. The summed E-state index contributed by atoms with van der Waals surface area (Å²) in [4.78, 5) is 27.2. The molecule has 5 nitrogen and oxygen atoms in total. The Morgan fingerprint density at radius 2 is 2.00 bits per heavy atom. The van der Waals surface area contributed by atoms with Crippen LogP contribution in [0, 0.1) is 19.8 Å². The first kappa shape index (κ1) is 19.0. The average molecular weight is 367 g/mol. The van der Waals surface area contributed by atoms with Crippen LogP contribution in [0.2, 0.25) is 0 Å². The molecule has 0 fully saturated rings. The van der Waals surface area contributed by atoms with Gasteiger partial charge in [-0.1, -0.05) is 37.6 Å². The van der Waals surface area contributed by atoms with E-state index < -0.39 is 17.7 Å². The number of carbonyl (C=O) groups is 2. The number of amides is 1. The van der Waals surface area contributed by atoms with Gasteiger partial charge in [-0.15, -0.1) is 0 Å². The molecule has 0 radical (unpaired) electrons. The first-order valence-corrected chi connectivity index (χ1v) is 9.16. The zero-order valence-corrected chi connectivity index (χ0v) is 16.2. The van der Waals surface area contributed by atoms with Gasteiger partial charge in [-0.25, -0.2) is 0 Å². The van der Waals surface area contributed by atoms with Gasteiger partial charge in [-0.3, -0.25) is 9.59 Å². The van der Waals surface area contributed by atoms with E-state index in [2.05, 4.69) is 0 Å². The van der Waals surface area contributed by atoms with Crippen molar-refractivity contribution < 1.29 is 19.1 Å². The van der Waals surface area contributed by atoms with E-state index >= 15 is 0 Å². The van der Waals surface area contributed by atoms with Gasteiger partial charge in [0.1, 0.15) is 11.8 Å². The summed E-state index contributed by atoms with van der Waals surface area (Å²) < 4.78 is 5.53. The Bertz CT molecular complexity index is 893. The maximum atomic E-state index is 12.8. The van der Waals surface area contributed by atoms with Crippen LogP contribution < -0.4 is 0 Å². The standard InChI is InChI=1S/C22H25NO4/c1-13(2)10-17(24)19-20(18-6-5-9-27-18)23(22(26)21(19)25)12-16-11-14(3)7-8-15(16)4/h5-9,11,13,20,25H,10,12H2,1-4H3. The fourth-order valence-electron chi connectivity index (χ4n) is 3.48. The number of ketones is 1. The lowest BCUT2D eigenvalue weighted by Gasteiger charge is -2.26. The number of rotatable bonds is 6. The predicted octanol–water partition coefficient (Wildman–Crippen LogP) is 4.41. The number of Topliss-reactive ketones (excluding diaryl/α,β-unsaturated/α-hetero) is 1. The Balaban J connectivity index is 2.02. The largest absolute Gasteiger partial charge is 0.503 e. The summed E-state index contributed by atoms with van der Waals surface area (Å²) in [6.45, 7) is 8.13. The molecule has 3 rings (SSSR count). The first-order chi connectivity index (χ1) is 12.8. The summed E-state index contributed by atoms with van der Waals surface area (Å²) >= 11 is 0. The molecule has 1 aliphatic rings. The smallest absolute Gasteiger partial charge is 0.290 e. The molecule has 0 saturated heterocycles. The van der Waals surface area contributed by atoms with Gasteiger partial charge in [-0.05, 0) is 43.0 Å². The zero-order valence-electron chi connectivity index (χ0n) is 16.2. The van der Waals surface area contributed by atoms with Crippen LogP contribution in [0.5, 0.6) is 0 Å². The Labute approximate surface area is 159 Å². The fraction of sp³-hybridized carbons (Fsp3) is 0.364. The minimum Gasteiger partial charge on any atom is -0.503 e. The van der Waals surface area contributed by atoms with E-state index in [1.54, 1.807) is 12.1 Å². The van der Waals surface area contributed by atoms with E-state index in [-0.39, 0.29) is 23.7 Å². The maximum absolute atomic E-state index is 12.8. The molecule has 0 aliphatic carbocycles. The maximum Gasteiger partial charge on any atom is 0.290 e. The molecule has 0 bridgehead atoms. The number of aliphatic hydroxyl groups excluding tert-OH is 1. The molecule has 27 heavy (non-hydrogen) atoms. The molecular weight excluding hydrogens is 342 g/mol. The highest BCUT2D eigenvalue weighted by Crippen LogP contribution is 2.40.